The van der Waals surface area contributed by atoms with Crippen molar-refractivity contribution in [2.75, 3.05) is 13.7 Å². The van der Waals surface area contributed by atoms with Crippen LogP contribution >= 0.6 is 23.8 Å². The predicted octanol–water partition coefficient (Wildman–Crippen LogP) is 2.61. The number of ether oxygens (including phenoxy) is 1. The molecular weight excluding hydrogens is 312 g/mol. The number of carbonyl (C=O) groups excluding carboxylic acids is 1. The maximum atomic E-state index is 11.5. The van der Waals surface area contributed by atoms with Crippen LogP contribution in [0, 0.1) is 12.3 Å². The molecule has 0 saturated heterocycles. The highest BCUT2D eigenvalue weighted by Gasteiger charge is 2.28. The normalized spacial score (nSPS) is 10.7. The van der Waals surface area contributed by atoms with E-state index in [4.69, 9.17) is 33.4 Å². The highest BCUT2D eigenvalue weighted by atomic mass is 35.5. The van der Waals surface area contributed by atoms with Crippen molar-refractivity contribution in [2.24, 2.45) is 5.41 Å². The van der Waals surface area contributed by atoms with Gasteiger partial charge in [0.05, 0.1) is 12.5 Å². The van der Waals surface area contributed by atoms with Crippen LogP contribution in [0.3, 0.4) is 0 Å². The van der Waals surface area contributed by atoms with Gasteiger partial charge in [0.2, 0.25) is 0 Å². The monoisotopic (exact) mass is 330 g/mol. The van der Waals surface area contributed by atoms with Crippen molar-refractivity contribution >= 4 is 34.9 Å². The molecule has 0 atom stereocenters. The van der Waals surface area contributed by atoms with Crippen molar-refractivity contribution in [3.05, 3.63) is 28.8 Å². The summed E-state index contributed by atoms with van der Waals surface area (Å²) in [5.41, 5.74) is 2.84. The zero-order valence-corrected chi connectivity index (χ0v) is 14.0. The van der Waals surface area contributed by atoms with Gasteiger partial charge >= 0.3 is 5.97 Å². The largest absolute Gasteiger partial charge is 0.469 e. The minimum atomic E-state index is -0.688. The topological polar surface area (TPSA) is 59.6 Å². The second kappa shape index (κ2) is 7.47. The maximum Gasteiger partial charge on any atom is 0.313 e. The van der Waals surface area contributed by atoms with Crippen molar-refractivity contribution in [1.82, 2.24) is 10.8 Å². The first kappa shape index (κ1) is 17.5. The smallest absolute Gasteiger partial charge is 0.313 e. The Balaban J connectivity index is 2.48. The van der Waals surface area contributed by atoms with Crippen LogP contribution in [0.15, 0.2) is 18.2 Å². The number of hydrogen-bond acceptors (Lipinski definition) is 4. The van der Waals surface area contributed by atoms with Gasteiger partial charge in [0.1, 0.15) is 0 Å². The first-order valence-electron chi connectivity index (χ1n) is 6.31. The Hall–Kier alpha value is -1.53. The Morgan fingerprint density at radius 1 is 1.43 bits per heavy atom. The van der Waals surface area contributed by atoms with E-state index in [1.807, 2.05) is 13.0 Å². The lowest BCUT2D eigenvalue weighted by molar-refractivity contribution is -0.150. The van der Waals surface area contributed by atoms with Crippen LogP contribution in [-0.4, -0.2) is 24.7 Å². The number of nitrogens with one attached hydrogen (secondary N) is 2. The van der Waals surface area contributed by atoms with E-state index in [0.717, 1.165) is 5.56 Å². The molecule has 0 aliphatic heterocycles. The van der Waals surface area contributed by atoms with E-state index in [2.05, 4.69) is 10.8 Å². The molecule has 1 aromatic rings. The van der Waals surface area contributed by atoms with E-state index in [1.165, 1.54) is 7.11 Å². The van der Waals surface area contributed by atoms with Gasteiger partial charge in [0.15, 0.2) is 10.9 Å². The molecule has 0 aliphatic rings. The van der Waals surface area contributed by atoms with Crippen LogP contribution in [0.25, 0.3) is 0 Å². The Morgan fingerprint density at radius 2 is 2.10 bits per heavy atom. The molecule has 0 fully saturated rings. The second-order valence-corrected chi connectivity index (χ2v) is 6.02. The molecule has 5 nitrogen and oxygen atoms in total. The number of rotatable bonds is 5. The highest BCUT2D eigenvalue weighted by Crippen LogP contribution is 2.21. The van der Waals surface area contributed by atoms with Gasteiger partial charge in [0.25, 0.3) is 0 Å². The summed E-state index contributed by atoms with van der Waals surface area (Å²) < 4.78 is 4.72. The van der Waals surface area contributed by atoms with Crippen molar-refractivity contribution < 1.29 is 14.4 Å². The molecule has 0 unspecified atom stereocenters. The van der Waals surface area contributed by atoms with Gasteiger partial charge in [-0.2, -0.15) is 5.48 Å². The van der Waals surface area contributed by atoms with Crippen LogP contribution < -0.4 is 15.6 Å². The fourth-order valence-electron chi connectivity index (χ4n) is 1.47. The molecule has 0 saturated carbocycles. The number of carbonyl (C=O) groups is 1. The minimum Gasteiger partial charge on any atom is -0.469 e. The van der Waals surface area contributed by atoms with Gasteiger partial charge in [-0.1, -0.05) is 17.7 Å². The summed E-state index contributed by atoms with van der Waals surface area (Å²) in [6.45, 7) is 5.74. The highest BCUT2D eigenvalue weighted by molar-refractivity contribution is 7.80. The number of methoxy groups -OCH3 is 1. The van der Waals surface area contributed by atoms with Crippen LogP contribution in [0.1, 0.15) is 19.4 Å². The van der Waals surface area contributed by atoms with E-state index >= 15 is 0 Å². The Kier molecular flexibility index (Phi) is 6.23. The summed E-state index contributed by atoms with van der Waals surface area (Å²) in [7, 11) is 1.35. The van der Waals surface area contributed by atoms with Crippen LogP contribution in [-0.2, 0) is 9.53 Å². The van der Waals surface area contributed by atoms with E-state index in [9.17, 15) is 4.79 Å². The molecule has 0 spiro atoms. The Bertz CT molecular complexity index is 535. The molecule has 0 radical (unpaired) electrons. The first-order chi connectivity index (χ1) is 9.76. The lowest BCUT2D eigenvalue weighted by atomic mass is 9.94. The lowest BCUT2D eigenvalue weighted by Gasteiger charge is -2.22. The van der Waals surface area contributed by atoms with Crippen molar-refractivity contribution in [2.45, 2.75) is 20.8 Å². The number of thiocarbonyl (C=S) groups is 1. The average Bonchev–Trinajstić information content (AvgIpc) is 2.45. The van der Waals surface area contributed by atoms with Gasteiger partial charge in [-0.3, -0.25) is 4.79 Å². The number of hydrogen-bond donors (Lipinski definition) is 2. The fourth-order valence-corrected chi connectivity index (χ4v) is 1.75. The molecule has 0 amide bonds. The van der Waals surface area contributed by atoms with E-state index < -0.39 is 5.41 Å². The number of halogens is 1. The average molecular weight is 331 g/mol. The van der Waals surface area contributed by atoms with E-state index in [-0.39, 0.29) is 11.1 Å². The predicted molar refractivity (Wildman–Crippen MR) is 86.4 cm³/mol. The Labute approximate surface area is 134 Å². The number of hydroxylamine groups is 1. The maximum absolute atomic E-state index is 11.5. The number of benzene rings is 1. The molecular formula is C14H19ClN2O3S. The van der Waals surface area contributed by atoms with Crippen molar-refractivity contribution in [3.63, 3.8) is 0 Å². The first-order valence-corrected chi connectivity index (χ1v) is 7.10. The van der Waals surface area contributed by atoms with Gasteiger partial charge in [-0.15, -0.1) is 0 Å². The quantitative estimate of drug-likeness (QED) is 0.491. The molecule has 0 aromatic heterocycles. The molecule has 2 N–H and O–H groups in total. The summed E-state index contributed by atoms with van der Waals surface area (Å²) in [5, 5.41) is 3.75. The number of aryl methyl sites for hydroxylation is 1. The third-order valence-corrected chi connectivity index (χ3v) is 3.30. The molecule has 7 heteroatoms. The lowest BCUT2D eigenvalue weighted by Crippen LogP contribution is -2.44. The number of esters is 1. The van der Waals surface area contributed by atoms with Gasteiger partial charge < -0.3 is 14.9 Å². The van der Waals surface area contributed by atoms with Crippen LogP contribution in [0.4, 0.5) is 0 Å². The summed E-state index contributed by atoms with van der Waals surface area (Å²) in [6, 6.07) is 5.31. The zero-order valence-electron chi connectivity index (χ0n) is 12.5. The summed E-state index contributed by atoms with van der Waals surface area (Å²) in [6.07, 6.45) is 0. The minimum absolute atomic E-state index is 0.270. The van der Waals surface area contributed by atoms with Gasteiger partial charge in [-0.05, 0) is 44.6 Å². The third kappa shape index (κ3) is 5.40. The van der Waals surface area contributed by atoms with Crippen molar-refractivity contribution in [1.29, 1.82) is 0 Å². The third-order valence-electron chi connectivity index (χ3n) is 2.83. The molecule has 1 rings (SSSR count). The van der Waals surface area contributed by atoms with Crippen LogP contribution in [0.2, 0.25) is 5.02 Å². The molecule has 0 heterocycles. The summed E-state index contributed by atoms with van der Waals surface area (Å²) in [5.74, 6) is 0.267. The molecule has 1 aromatic carbocycles. The van der Waals surface area contributed by atoms with Gasteiger partial charge in [-0.25, -0.2) is 0 Å². The van der Waals surface area contributed by atoms with E-state index in [0.29, 0.717) is 17.3 Å². The zero-order chi connectivity index (χ0) is 16.0. The van der Waals surface area contributed by atoms with Crippen LogP contribution in [0.5, 0.6) is 5.75 Å². The second-order valence-electron chi connectivity index (χ2n) is 5.17. The summed E-state index contributed by atoms with van der Waals surface area (Å²) in [4.78, 5) is 16.9. The fraction of sp³-hybridized carbons (Fsp3) is 0.429. The van der Waals surface area contributed by atoms with E-state index in [1.54, 1.807) is 26.0 Å². The molecule has 0 aliphatic carbocycles. The molecule has 21 heavy (non-hydrogen) atoms. The van der Waals surface area contributed by atoms with Gasteiger partial charge in [0, 0.05) is 17.6 Å². The molecule has 116 valence electrons. The Morgan fingerprint density at radius 3 is 2.71 bits per heavy atom. The SMILES string of the molecule is COC(=O)C(C)(C)CNC(=S)NOc1cc(Cl)ccc1C. The molecule has 0 bridgehead atoms. The standard InChI is InChI=1S/C14H19ClN2O3S/c1-9-5-6-10(15)7-11(9)20-17-13(21)16-8-14(2,3)12(18)19-4/h5-7H,8H2,1-4H3,(H2,16,17,21). The van der Waals surface area contributed by atoms with Crippen molar-refractivity contribution in [3.8, 4) is 5.75 Å². The summed E-state index contributed by atoms with van der Waals surface area (Å²) >= 11 is 11.0.